The van der Waals surface area contributed by atoms with Crippen molar-refractivity contribution in [3.05, 3.63) is 39.8 Å². The highest BCUT2D eigenvalue weighted by Crippen LogP contribution is 2.32. The molecule has 1 heterocycles. The van der Waals surface area contributed by atoms with Crippen molar-refractivity contribution in [3.63, 3.8) is 0 Å². The Kier molecular flexibility index (Phi) is 6.60. The maximum Gasteiger partial charge on any atom is 0.303 e. The minimum absolute atomic E-state index is 0.0638. The average Bonchev–Trinajstić information content (AvgIpc) is 2.81. The molecular formula is C16H15ClN2O5S. The van der Waals surface area contributed by atoms with Crippen molar-refractivity contribution in [3.8, 4) is 0 Å². The second-order valence-corrected chi connectivity index (χ2v) is 6.60. The number of rotatable bonds is 7. The number of aliphatic carboxylic acids is 1. The Morgan fingerprint density at radius 1 is 1.24 bits per heavy atom. The third-order valence-electron chi connectivity index (χ3n) is 3.23. The van der Waals surface area contributed by atoms with Crippen molar-refractivity contribution in [2.24, 2.45) is 0 Å². The number of amides is 3. The van der Waals surface area contributed by atoms with Crippen LogP contribution >= 0.6 is 23.4 Å². The normalized spacial score (nSPS) is 15.7. The van der Waals surface area contributed by atoms with Crippen molar-refractivity contribution >= 4 is 52.5 Å². The molecule has 1 aliphatic rings. The van der Waals surface area contributed by atoms with Gasteiger partial charge in [-0.1, -0.05) is 23.7 Å². The molecule has 0 unspecified atom stereocenters. The Bertz CT molecular complexity index is 733. The van der Waals surface area contributed by atoms with Crippen LogP contribution in [0.2, 0.25) is 5.02 Å². The van der Waals surface area contributed by atoms with E-state index in [4.69, 9.17) is 16.7 Å². The van der Waals surface area contributed by atoms with Gasteiger partial charge in [0, 0.05) is 18.0 Å². The summed E-state index contributed by atoms with van der Waals surface area (Å²) in [5.74, 6) is -2.00. The second kappa shape index (κ2) is 8.68. The van der Waals surface area contributed by atoms with Crippen LogP contribution in [0.15, 0.2) is 29.2 Å². The maximum absolute atomic E-state index is 12.3. The molecule has 3 amide bonds. The van der Waals surface area contributed by atoms with Crippen LogP contribution in [-0.4, -0.2) is 46.1 Å². The molecule has 0 spiro atoms. The highest BCUT2D eigenvalue weighted by Gasteiger charge is 2.36. The van der Waals surface area contributed by atoms with E-state index in [0.717, 1.165) is 16.7 Å². The number of carboxylic acid groups (broad SMARTS) is 1. The molecule has 1 fully saturated rings. The lowest BCUT2D eigenvalue weighted by molar-refractivity contribution is -0.137. The summed E-state index contributed by atoms with van der Waals surface area (Å²) in [4.78, 5) is 47.5. The fourth-order valence-corrected chi connectivity index (χ4v) is 2.98. The van der Waals surface area contributed by atoms with Crippen molar-refractivity contribution in [2.45, 2.75) is 12.8 Å². The van der Waals surface area contributed by atoms with E-state index < -0.39 is 29.6 Å². The Morgan fingerprint density at radius 3 is 2.56 bits per heavy atom. The van der Waals surface area contributed by atoms with E-state index in [-0.39, 0.29) is 24.3 Å². The third kappa shape index (κ3) is 5.61. The van der Waals surface area contributed by atoms with Gasteiger partial charge >= 0.3 is 5.97 Å². The largest absolute Gasteiger partial charge is 0.481 e. The first kappa shape index (κ1) is 19.0. The molecule has 25 heavy (non-hydrogen) atoms. The SMILES string of the molecule is O=C(O)CCCNC(=O)CN1C(=O)S/C(=C\c2ccc(Cl)cc2)C1=O. The van der Waals surface area contributed by atoms with Crippen LogP contribution in [0.4, 0.5) is 4.79 Å². The molecule has 7 nitrogen and oxygen atoms in total. The molecule has 0 radical (unpaired) electrons. The number of nitrogens with zero attached hydrogens (tertiary/aromatic N) is 1. The molecular weight excluding hydrogens is 368 g/mol. The van der Waals surface area contributed by atoms with E-state index in [1.165, 1.54) is 0 Å². The van der Waals surface area contributed by atoms with Crippen LogP contribution in [0.25, 0.3) is 6.08 Å². The fourth-order valence-electron chi connectivity index (χ4n) is 2.01. The van der Waals surface area contributed by atoms with E-state index in [1.54, 1.807) is 30.3 Å². The summed E-state index contributed by atoms with van der Waals surface area (Å²) in [6.45, 7) is -0.225. The zero-order valence-corrected chi connectivity index (χ0v) is 14.6. The van der Waals surface area contributed by atoms with Crippen molar-refractivity contribution in [1.82, 2.24) is 10.2 Å². The van der Waals surface area contributed by atoms with Gasteiger partial charge in [0.05, 0.1) is 4.91 Å². The van der Waals surface area contributed by atoms with E-state index in [0.29, 0.717) is 10.6 Å². The maximum atomic E-state index is 12.3. The van der Waals surface area contributed by atoms with E-state index in [1.807, 2.05) is 0 Å². The van der Waals surface area contributed by atoms with Crippen LogP contribution in [0.1, 0.15) is 18.4 Å². The third-order valence-corrected chi connectivity index (χ3v) is 4.39. The number of nitrogens with one attached hydrogen (secondary N) is 1. The average molecular weight is 383 g/mol. The number of carboxylic acids is 1. The zero-order valence-electron chi connectivity index (χ0n) is 13.0. The van der Waals surface area contributed by atoms with Crippen molar-refractivity contribution in [2.75, 3.05) is 13.1 Å². The van der Waals surface area contributed by atoms with Gasteiger partial charge < -0.3 is 10.4 Å². The van der Waals surface area contributed by atoms with Crippen LogP contribution < -0.4 is 5.32 Å². The Balaban J connectivity index is 1.93. The van der Waals surface area contributed by atoms with Gasteiger partial charge in [-0.05, 0) is 42.0 Å². The number of hydrogen-bond acceptors (Lipinski definition) is 5. The standard InChI is InChI=1S/C16H15ClN2O5S/c17-11-5-3-10(4-6-11)8-12-15(23)19(16(24)25-12)9-13(20)18-7-1-2-14(21)22/h3-6,8H,1-2,7,9H2,(H,18,20)(H,21,22)/b12-8-. The van der Waals surface area contributed by atoms with Crippen LogP contribution in [0, 0.1) is 0 Å². The lowest BCUT2D eigenvalue weighted by atomic mass is 10.2. The van der Waals surface area contributed by atoms with Crippen LogP contribution in [0.5, 0.6) is 0 Å². The minimum atomic E-state index is -0.951. The van der Waals surface area contributed by atoms with Crippen LogP contribution in [0.3, 0.4) is 0 Å². The lowest BCUT2D eigenvalue weighted by Gasteiger charge is -2.12. The summed E-state index contributed by atoms with van der Waals surface area (Å²) in [6, 6.07) is 6.77. The number of imide groups is 1. The second-order valence-electron chi connectivity index (χ2n) is 5.17. The topological polar surface area (TPSA) is 104 Å². The highest BCUT2D eigenvalue weighted by molar-refractivity contribution is 8.18. The molecule has 1 aliphatic heterocycles. The minimum Gasteiger partial charge on any atom is -0.481 e. The van der Waals surface area contributed by atoms with E-state index >= 15 is 0 Å². The molecule has 1 aromatic carbocycles. The fraction of sp³-hybridized carbons (Fsp3) is 0.250. The number of thioether (sulfide) groups is 1. The first-order valence-electron chi connectivity index (χ1n) is 7.36. The molecule has 0 saturated carbocycles. The van der Waals surface area contributed by atoms with E-state index in [9.17, 15) is 19.2 Å². The molecule has 1 aromatic rings. The number of halogens is 1. The van der Waals surface area contributed by atoms with Crippen molar-refractivity contribution in [1.29, 1.82) is 0 Å². The van der Waals surface area contributed by atoms with Gasteiger partial charge in [-0.25, -0.2) is 0 Å². The molecule has 2 rings (SSSR count). The summed E-state index contributed by atoms with van der Waals surface area (Å²) in [5, 5.41) is 11.0. The number of carbonyl (C=O) groups is 4. The van der Waals surface area contributed by atoms with Gasteiger partial charge in [0.25, 0.3) is 11.1 Å². The quantitative estimate of drug-likeness (QED) is 0.554. The summed E-state index contributed by atoms with van der Waals surface area (Å²) >= 11 is 6.56. The number of carbonyl (C=O) groups excluding carboxylic acids is 3. The van der Waals surface area contributed by atoms with Crippen molar-refractivity contribution < 1.29 is 24.3 Å². The Labute approximate surface area is 153 Å². The van der Waals surface area contributed by atoms with Gasteiger partial charge in [-0.2, -0.15) is 0 Å². The molecule has 9 heteroatoms. The van der Waals surface area contributed by atoms with Gasteiger partial charge in [0.2, 0.25) is 5.91 Å². The summed E-state index contributed by atoms with van der Waals surface area (Å²) in [7, 11) is 0. The number of hydrogen-bond donors (Lipinski definition) is 2. The molecule has 1 saturated heterocycles. The highest BCUT2D eigenvalue weighted by atomic mass is 35.5. The predicted octanol–water partition coefficient (Wildman–Crippen LogP) is 2.36. The summed E-state index contributed by atoms with van der Waals surface area (Å²) in [6.07, 6.45) is 1.77. The first-order chi connectivity index (χ1) is 11.9. The molecule has 0 aliphatic carbocycles. The van der Waals surface area contributed by atoms with E-state index in [2.05, 4.69) is 5.32 Å². The zero-order chi connectivity index (χ0) is 18.4. The Hall–Kier alpha value is -2.32. The van der Waals surface area contributed by atoms with Gasteiger partial charge in [-0.15, -0.1) is 0 Å². The monoisotopic (exact) mass is 382 g/mol. The molecule has 0 atom stereocenters. The molecule has 0 aromatic heterocycles. The first-order valence-corrected chi connectivity index (χ1v) is 8.55. The molecule has 132 valence electrons. The van der Waals surface area contributed by atoms with Gasteiger partial charge in [0.15, 0.2) is 0 Å². The van der Waals surface area contributed by atoms with Crippen LogP contribution in [-0.2, 0) is 14.4 Å². The van der Waals surface area contributed by atoms with Gasteiger partial charge in [0.1, 0.15) is 6.54 Å². The Morgan fingerprint density at radius 2 is 1.92 bits per heavy atom. The predicted molar refractivity (Wildman–Crippen MR) is 94.0 cm³/mol. The van der Waals surface area contributed by atoms with Gasteiger partial charge in [-0.3, -0.25) is 24.1 Å². The lowest BCUT2D eigenvalue weighted by Crippen LogP contribution is -2.39. The summed E-state index contributed by atoms with van der Waals surface area (Å²) in [5.41, 5.74) is 0.716. The summed E-state index contributed by atoms with van der Waals surface area (Å²) < 4.78 is 0. The molecule has 0 bridgehead atoms. The molecule has 2 N–H and O–H groups in total. The number of benzene rings is 1. The smallest absolute Gasteiger partial charge is 0.303 e.